The third-order valence-corrected chi connectivity index (χ3v) is 2.05. The first-order valence-electron chi connectivity index (χ1n) is 4.14. The fraction of sp³-hybridized carbons (Fsp3) is 0.444. The Bertz CT molecular complexity index is 288. The highest BCUT2D eigenvalue weighted by Gasteiger charge is 2.12. The molecular formula is C9H15N3O. The van der Waals surface area contributed by atoms with Crippen molar-refractivity contribution in [2.75, 3.05) is 25.2 Å². The largest absolute Gasteiger partial charge is 0.397 e. The molecule has 0 aliphatic carbocycles. The molecular weight excluding hydrogens is 166 g/mol. The van der Waals surface area contributed by atoms with E-state index in [4.69, 9.17) is 10.5 Å². The van der Waals surface area contributed by atoms with Gasteiger partial charge in [0, 0.05) is 19.7 Å². The van der Waals surface area contributed by atoms with Crippen LogP contribution in [0.15, 0.2) is 12.4 Å². The van der Waals surface area contributed by atoms with Gasteiger partial charge in [0.05, 0.1) is 29.9 Å². The SMILES string of the molecule is CNc1cncc(N)c1C(C)OC. The van der Waals surface area contributed by atoms with Crippen molar-refractivity contribution >= 4 is 11.4 Å². The maximum atomic E-state index is 5.79. The number of methoxy groups -OCH3 is 1. The molecule has 0 bridgehead atoms. The average Bonchev–Trinajstić information content (AvgIpc) is 2.16. The zero-order valence-corrected chi connectivity index (χ0v) is 8.16. The van der Waals surface area contributed by atoms with Gasteiger partial charge in [-0.05, 0) is 6.92 Å². The van der Waals surface area contributed by atoms with Crippen LogP contribution in [0.2, 0.25) is 0 Å². The summed E-state index contributed by atoms with van der Waals surface area (Å²) < 4.78 is 5.21. The van der Waals surface area contributed by atoms with E-state index in [0.717, 1.165) is 11.3 Å². The molecule has 4 heteroatoms. The number of hydrogen-bond donors (Lipinski definition) is 2. The Hall–Kier alpha value is -1.29. The summed E-state index contributed by atoms with van der Waals surface area (Å²) in [5, 5.41) is 3.03. The van der Waals surface area contributed by atoms with Gasteiger partial charge in [0.2, 0.25) is 0 Å². The van der Waals surface area contributed by atoms with Gasteiger partial charge in [0.1, 0.15) is 0 Å². The van der Waals surface area contributed by atoms with Crippen LogP contribution in [-0.4, -0.2) is 19.1 Å². The number of nitrogens with one attached hydrogen (secondary N) is 1. The Kier molecular flexibility index (Phi) is 3.08. The number of anilines is 2. The molecule has 0 spiro atoms. The first-order chi connectivity index (χ1) is 6.20. The molecule has 3 N–H and O–H groups in total. The van der Waals surface area contributed by atoms with Crippen molar-refractivity contribution < 1.29 is 4.74 Å². The average molecular weight is 181 g/mol. The number of nitrogen functional groups attached to an aromatic ring is 1. The molecule has 1 atom stereocenters. The maximum absolute atomic E-state index is 5.79. The van der Waals surface area contributed by atoms with Crippen molar-refractivity contribution in [1.82, 2.24) is 4.98 Å². The molecule has 0 saturated carbocycles. The summed E-state index contributed by atoms with van der Waals surface area (Å²) in [6, 6.07) is 0. The minimum absolute atomic E-state index is 0.0227. The highest BCUT2D eigenvalue weighted by molar-refractivity contribution is 5.62. The monoisotopic (exact) mass is 181 g/mol. The van der Waals surface area contributed by atoms with Crippen LogP contribution in [-0.2, 0) is 4.74 Å². The molecule has 0 radical (unpaired) electrons. The maximum Gasteiger partial charge on any atom is 0.0834 e. The molecule has 0 aliphatic heterocycles. The van der Waals surface area contributed by atoms with Crippen LogP contribution in [0.1, 0.15) is 18.6 Å². The van der Waals surface area contributed by atoms with Crippen LogP contribution < -0.4 is 11.1 Å². The van der Waals surface area contributed by atoms with Crippen LogP contribution >= 0.6 is 0 Å². The van der Waals surface area contributed by atoms with Crippen molar-refractivity contribution in [3.8, 4) is 0 Å². The number of ether oxygens (including phenoxy) is 1. The minimum atomic E-state index is -0.0227. The van der Waals surface area contributed by atoms with Crippen molar-refractivity contribution in [2.45, 2.75) is 13.0 Å². The highest BCUT2D eigenvalue weighted by atomic mass is 16.5. The lowest BCUT2D eigenvalue weighted by atomic mass is 10.1. The van der Waals surface area contributed by atoms with E-state index in [0.29, 0.717) is 5.69 Å². The molecule has 72 valence electrons. The van der Waals surface area contributed by atoms with E-state index in [1.54, 1.807) is 19.5 Å². The van der Waals surface area contributed by atoms with Crippen molar-refractivity contribution in [3.63, 3.8) is 0 Å². The Morgan fingerprint density at radius 3 is 2.77 bits per heavy atom. The second-order valence-corrected chi connectivity index (χ2v) is 2.82. The predicted octanol–water partition coefficient (Wildman–Crippen LogP) is 1.41. The van der Waals surface area contributed by atoms with E-state index >= 15 is 0 Å². The van der Waals surface area contributed by atoms with E-state index in [1.165, 1.54) is 0 Å². The zero-order valence-electron chi connectivity index (χ0n) is 8.16. The number of aromatic nitrogens is 1. The molecule has 1 aromatic heterocycles. The lowest BCUT2D eigenvalue weighted by Gasteiger charge is -2.16. The number of nitrogens with zero attached hydrogens (tertiary/aromatic N) is 1. The van der Waals surface area contributed by atoms with Crippen LogP contribution in [0.3, 0.4) is 0 Å². The molecule has 1 unspecified atom stereocenters. The molecule has 1 heterocycles. The molecule has 0 aliphatic rings. The van der Waals surface area contributed by atoms with Crippen molar-refractivity contribution in [2.24, 2.45) is 0 Å². The van der Waals surface area contributed by atoms with E-state index in [1.807, 2.05) is 14.0 Å². The number of hydrogen-bond acceptors (Lipinski definition) is 4. The molecule has 1 rings (SSSR count). The van der Waals surface area contributed by atoms with Gasteiger partial charge < -0.3 is 15.8 Å². The van der Waals surface area contributed by atoms with Gasteiger partial charge in [-0.3, -0.25) is 4.98 Å². The van der Waals surface area contributed by atoms with Gasteiger partial charge in [-0.25, -0.2) is 0 Å². The Morgan fingerprint density at radius 1 is 1.54 bits per heavy atom. The van der Waals surface area contributed by atoms with E-state index in [-0.39, 0.29) is 6.10 Å². The van der Waals surface area contributed by atoms with Gasteiger partial charge >= 0.3 is 0 Å². The minimum Gasteiger partial charge on any atom is -0.397 e. The van der Waals surface area contributed by atoms with Gasteiger partial charge in [0.15, 0.2) is 0 Å². The zero-order chi connectivity index (χ0) is 9.84. The molecule has 0 aromatic carbocycles. The van der Waals surface area contributed by atoms with Gasteiger partial charge in [-0.1, -0.05) is 0 Å². The summed E-state index contributed by atoms with van der Waals surface area (Å²) in [5.41, 5.74) is 8.31. The second kappa shape index (κ2) is 4.09. The van der Waals surface area contributed by atoms with Gasteiger partial charge in [-0.15, -0.1) is 0 Å². The number of nitrogens with two attached hydrogens (primary N) is 1. The summed E-state index contributed by atoms with van der Waals surface area (Å²) in [4.78, 5) is 3.99. The molecule has 1 aromatic rings. The second-order valence-electron chi connectivity index (χ2n) is 2.82. The van der Waals surface area contributed by atoms with Gasteiger partial charge in [-0.2, -0.15) is 0 Å². The number of rotatable bonds is 3. The van der Waals surface area contributed by atoms with E-state index in [2.05, 4.69) is 10.3 Å². The summed E-state index contributed by atoms with van der Waals surface area (Å²) in [6.45, 7) is 1.95. The first-order valence-corrected chi connectivity index (χ1v) is 4.14. The smallest absolute Gasteiger partial charge is 0.0834 e. The van der Waals surface area contributed by atoms with Crippen LogP contribution in [0.5, 0.6) is 0 Å². The Balaban J connectivity index is 3.14. The van der Waals surface area contributed by atoms with Crippen LogP contribution in [0, 0.1) is 0 Å². The fourth-order valence-corrected chi connectivity index (χ4v) is 1.26. The number of pyridine rings is 1. The normalized spacial score (nSPS) is 12.5. The molecule has 0 fully saturated rings. The predicted molar refractivity (Wildman–Crippen MR) is 53.6 cm³/mol. The lowest BCUT2D eigenvalue weighted by Crippen LogP contribution is -2.06. The first kappa shape index (κ1) is 9.80. The van der Waals surface area contributed by atoms with Crippen molar-refractivity contribution in [1.29, 1.82) is 0 Å². The van der Waals surface area contributed by atoms with Gasteiger partial charge in [0.25, 0.3) is 0 Å². The standard InChI is InChI=1S/C9H15N3O/c1-6(13-3)9-7(10)4-12-5-8(9)11-2/h4-6,11H,10H2,1-3H3. The topological polar surface area (TPSA) is 60.2 Å². The van der Waals surface area contributed by atoms with Crippen LogP contribution in [0.4, 0.5) is 11.4 Å². The third kappa shape index (κ3) is 1.89. The van der Waals surface area contributed by atoms with E-state index < -0.39 is 0 Å². The van der Waals surface area contributed by atoms with Crippen LogP contribution in [0.25, 0.3) is 0 Å². The highest BCUT2D eigenvalue weighted by Crippen LogP contribution is 2.28. The Labute approximate surface area is 78.1 Å². The fourth-order valence-electron chi connectivity index (χ4n) is 1.26. The summed E-state index contributed by atoms with van der Waals surface area (Å²) in [6.07, 6.45) is 3.35. The lowest BCUT2D eigenvalue weighted by molar-refractivity contribution is 0.120. The molecule has 0 amide bonds. The Morgan fingerprint density at radius 2 is 2.23 bits per heavy atom. The van der Waals surface area contributed by atoms with Crippen molar-refractivity contribution in [3.05, 3.63) is 18.0 Å². The summed E-state index contributed by atoms with van der Waals surface area (Å²) >= 11 is 0. The third-order valence-electron chi connectivity index (χ3n) is 2.05. The molecule has 13 heavy (non-hydrogen) atoms. The van der Waals surface area contributed by atoms with E-state index in [9.17, 15) is 0 Å². The molecule has 4 nitrogen and oxygen atoms in total. The quantitative estimate of drug-likeness (QED) is 0.740. The summed E-state index contributed by atoms with van der Waals surface area (Å²) in [5.74, 6) is 0. The summed E-state index contributed by atoms with van der Waals surface area (Å²) in [7, 11) is 3.49. The molecule has 0 saturated heterocycles.